The first-order valence-corrected chi connectivity index (χ1v) is 7.77. The summed E-state index contributed by atoms with van der Waals surface area (Å²) in [7, 11) is 0. The molecule has 0 aliphatic heterocycles. The zero-order chi connectivity index (χ0) is 15.1. The van der Waals surface area contributed by atoms with Crippen LogP contribution in [-0.2, 0) is 13.1 Å². The van der Waals surface area contributed by atoms with E-state index in [0.29, 0.717) is 19.8 Å². The summed E-state index contributed by atoms with van der Waals surface area (Å²) in [6.07, 6.45) is 6.42. The molecule has 0 fully saturated rings. The third-order valence-corrected chi connectivity index (χ3v) is 3.56. The van der Waals surface area contributed by atoms with Crippen molar-refractivity contribution in [3.8, 4) is 11.5 Å². The lowest BCUT2D eigenvalue weighted by Crippen LogP contribution is -2.06. The molecule has 21 heavy (non-hydrogen) atoms. The highest BCUT2D eigenvalue weighted by molar-refractivity contribution is 9.10. The molecule has 5 nitrogen and oxygen atoms in total. The van der Waals surface area contributed by atoms with Crippen LogP contribution in [0.3, 0.4) is 0 Å². The standard InChI is InChI=1S/C15H20BrN3O2/c1-2-20-14-9-12(10-17)8-13(16)15(14)21-7-3-5-19-6-4-18-11-19/h4,6,8-9,11H,2-3,5,7,10,17H2,1H3. The van der Waals surface area contributed by atoms with E-state index in [9.17, 15) is 0 Å². The molecule has 0 unspecified atom stereocenters. The molecule has 2 N–H and O–H groups in total. The highest BCUT2D eigenvalue weighted by Gasteiger charge is 2.11. The van der Waals surface area contributed by atoms with Crippen LogP contribution in [0.25, 0.3) is 0 Å². The van der Waals surface area contributed by atoms with Gasteiger partial charge in [-0.3, -0.25) is 0 Å². The zero-order valence-corrected chi connectivity index (χ0v) is 13.7. The fourth-order valence-electron chi connectivity index (χ4n) is 1.98. The Bertz CT molecular complexity index is 558. The van der Waals surface area contributed by atoms with Gasteiger partial charge in [0.2, 0.25) is 0 Å². The van der Waals surface area contributed by atoms with Crippen molar-refractivity contribution in [2.24, 2.45) is 5.73 Å². The van der Waals surface area contributed by atoms with Gasteiger partial charge in [-0.05, 0) is 47.0 Å². The molecule has 0 amide bonds. The van der Waals surface area contributed by atoms with Crippen LogP contribution in [-0.4, -0.2) is 22.8 Å². The number of aryl methyl sites for hydroxylation is 1. The summed E-state index contributed by atoms with van der Waals surface area (Å²) < 4.78 is 14.4. The summed E-state index contributed by atoms with van der Waals surface area (Å²) in [6, 6.07) is 3.90. The van der Waals surface area contributed by atoms with E-state index in [0.717, 1.165) is 34.5 Å². The van der Waals surface area contributed by atoms with Crippen LogP contribution in [0, 0.1) is 0 Å². The average molecular weight is 354 g/mol. The van der Waals surface area contributed by atoms with Gasteiger partial charge in [0.05, 0.1) is 24.0 Å². The minimum absolute atomic E-state index is 0.472. The lowest BCUT2D eigenvalue weighted by Gasteiger charge is -2.15. The van der Waals surface area contributed by atoms with Gasteiger partial charge in [-0.15, -0.1) is 0 Å². The molecule has 114 valence electrons. The van der Waals surface area contributed by atoms with E-state index in [1.165, 1.54) is 0 Å². The Kier molecular flexibility index (Phi) is 6.07. The normalized spacial score (nSPS) is 10.6. The van der Waals surface area contributed by atoms with Crippen LogP contribution in [0.4, 0.5) is 0 Å². The molecular weight excluding hydrogens is 334 g/mol. The molecule has 0 radical (unpaired) electrons. The summed E-state index contributed by atoms with van der Waals surface area (Å²) in [4.78, 5) is 4.01. The van der Waals surface area contributed by atoms with Gasteiger partial charge in [-0.1, -0.05) is 0 Å². The second kappa shape index (κ2) is 8.05. The molecule has 6 heteroatoms. The number of hydrogen-bond donors (Lipinski definition) is 1. The molecule has 0 bridgehead atoms. The molecule has 0 saturated carbocycles. The molecule has 1 heterocycles. The topological polar surface area (TPSA) is 62.3 Å². The molecule has 2 rings (SSSR count). The van der Waals surface area contributed by atoms with Crippen molar-refractivity contribution in [1.29, 1.82) is 0 Å². The number of imidazole rings is 1. The SMILES string of the molecule is CCOc1cc(CN)cc(Br)c1OCCCn1ccnc1. The molecule has 0 atom stereocenters. The van der Waals surface area contributed by atoms with Crippen molar-refractivity contribution in [2.45, 2.75) is 26.4 Å². The van der Waals surface area contributed by atoms with Gasteiger partial charge in [-0.25, -0.2) is 4.98 Å². The van der Waals surface area contributed by atoms with E-state index in [2.05, 4.69) is 20.9 Å². The largest absolute Gasteiger partial charge is 0.490 e. The minimum atomic E-state index is 0.472. The van der Waals surface area contributed by atoms with Crippen molar-refractivity contribution in [2.75, 3.05) is 13.2 Å². The maximum atomic E-state index is 5.87. The maximum absolute atomic E-state index is 5.87. The van der Waals surface area contributed by atoms with E-state index in [1.54, 1.807) is 12.5 Å². The van der Waals surface area contributed by atoms with Gasteiger partial charge < -0.3 is 19.8 Å². The van der Waals surface area contributed by atoms with Gasteiger partial charge in [0, 0.05) is 25.5 Å². The average Bonchev–Trinajstić information content (AvgIpc) is 2.99. The van der Waals surface area contributed by atoms with Crippen molar-refractivity contribution in [3.05, 3.63) is 40.9 Å². The first-order valence-electron chi connectivity index (χ1n) is 6.98. The summed E-state index contributed by atoms with van der Waals surface area (Å²) in [5, 5.41) is 0. The molecule has 0 aliphatic carbocycles. The number of benzene rings is 1. The molecular formula is C15H20BrN3O2. The van der Waals surface area contributed by atoms with Crippen LogP contribution in [0.2, 0.25) is 0 Å². The third-order valence-electron chi connectivity index (χ3n) is 2.97. The van der Waals surface area contributed by atoms with Gasteiger partial charge in [0.25, 0.3) is 0 Å². The lowest BCUT2D eigenvalue weighted by molar-refractivity contribution is 0.267. The maximum Gasteiger partial charge on any atom is 0.175 e. The van der Waals surface area contributed by atoms with E-state index in [1.807, 2.05) is 29.8 Å². The van der Waals surface area contributed by atoms with Crippen molar-refractivity contribution >= 4 is 15.9 Å². The third kappa shape index (κ3) is 4.47. The minimum Gasteiger partial charge on any atom is -0.490 e. The predicted octanol–water partition coefficient (Wildman–Crippen LogP) is 2.97. The Morgan fingerprint density at radius 3 is 2.86 bits per heavy atom. The van der Waals surface area contributed by atoms with Gasteiger partial charge in [0.1, 0.15) is 0 Å². The number of nitrogens with two attached hydrogens (primary N) is 1. The summed E-state index contributed by atoms with van der Waals surface area (Å²) in [5.74, 6) is 1.47. The number of ether oxygens (including phenoxy) is 2. The first kappa shape index (κ1) is 15.9. The molecule has 1 aromatic heterocycles. The number of nitrogens with zero attached hydrogens (tertiary/aromatic N) is 2. The predicted molar refractivity (Wildman–Crippen MR) is 85.5 cm³/mol. The summed E-state index contributed by atoms with van der Waals surface area (Å²) in [6.45, 7) is 4.50. The molecule has 2 aromatic rings. The fourth-order valence-corrected chi connectivity index (χ4v) is 2.59. The number of rotatable bonds is 8. The van der Waals surface area contributed by atoms with Crippen LogP contribution in [0.1, 0.15) is 18.9 Å². The smallest absolute Gasteiger partial charge is 0.175 e. The monoisotopic (exact) mass is 353 g/mol. The Labute approximate surface area is 133 Å². The van der Waals surface area contributed by atoms with Gasteiger partial charge >= 0.3 is 0 Å². The molecule has 0 aliphatic rings. The van der Waals surface area contributed by atoms with E-state index >= 15 is 0 Å². The molecule has 1 aromatic carbocycles. The Morgan fingerprint density at radius 1 is 1.33 bits per heavy atom. The lowest BCUT2D eigenvalue weighted by atomic mass is 10.2. The summed E-state index contributed by atoms with van der Waals surface area (Å²) in [5.41, 5.74) is 6.69. The second-order valence-corrected chi connectivity index (χ2v) is 5.40. The van der Waals surface area contributed by atoms with Crippen LogP contribution in [0.15, 0.2) is 35.3 Å². The van der Waals surface area contributed by atoms with Gasteiger partial charge in [-0.2, -0.15) is 0 Å². The zero-order valence-electron chi connectivity index (χ0n) is 12.1. The number of aromatic nitrogens is 2. The highest BCUT2D eigenvalue weighted by atomic mass is 79.9. The fraction of sp³-hybridized carbons (Fsp3) is 0.400. The quantitative estimate of drug-likeness (QED) is 0.741. The number of halogens is 1. The van der Waals surface area contributed by atoms with Crippen LogP contribution in [0.5, 0.6) is 11.5 Å². The second-order valence-electron chi connectivity index (χ2n) is 4.54. The van der Waals surface area contributed by atoms with Crippen molar-refractivity contribution < 1.29 is 9.47 Å². The summed E-state index contributed by atoms with van der Waals surface area (Å²) >= 11 is 3.52. The van der Waals surface area contributed by atoms with E-state index in [4.69, 9.17) is 15.2 Å². The number of hydrogen-bond acceptors (Lipinski definition) is 4. The van der Waals surface area contributed by atoms with Gasteiger partial charge in [0.15, 0.2) is 11.5 Å². The Balaban J connectivity index is 1.97. The highest BCUT2D eigenvalue weighted by Crippen LogP contribution is 2.37. The van der Waals surface area contributed by atoms with Crippen molar-refractivity contribution in [3.63, 3.8) is 0 Å². The van der Waals surface area contributed by atoms with Crippen LogP contribution >= 0.6 is 15.9 Å². The van der Waals surface area contributed by atoms with E-state index in [-0.39, 0.29) is 0 Å². The van der Waals surface area contributed by atoms with Crippen molar-refractivity contribution in [1.82, 2.24) is 9.55 Å². The van der Waals surface area contributed by atoms with E-state index < -0.39 is 0 Å². The Hall–Kier alpha value is -1.53. The van der Waals surface area contributed by atoms with Crippen LogP contribution < -0.4 is 15.2 Å². The molecule has 0 spiro atoms. The first-order chi connectivity index (χ1) is 10.2. The Morgan fingerprint density at radius 2 is 2.19 bits per heavy atom. The molecule has 0 saturated heterocycles.